The van der Waals surface area contributed by atoms with E-state index in [1.54, 1.807) is 12.1 Å². The maximum atomic E-state index is 12.6. The van der Waals surface area contributed by atoms with Crippen LogP contribution in [0.4, 0.5) is 0 Å². The molecule has 1 heterocycles. The molecule has 0 spiro atoms. The maximum Gasteiger partial charge on any atom is 0.243 e. The lowest BCUT2D eigenvalue weighted by atomic mass is 9.97. The molecule has 0 saturated carbocycles. The maximum absolute atomic E-state index is 12.6. The number of piperidine rings is 1. The Bertz CT molecular complexity index is 638. The molecule has 0 aromatic heterocycles. The topological polar surface area (TPSA) is 66.5 Å². The zero-order valence-electron chi connectivity index (χ0n) is 13.5. The van der Waals surface area contributed by atoms with Gasteiger partial charge in [0.1, 0.15) is 0 Å². The predicted molar refractivity (Wildman–Crippen MR) is 90.8 cm³/mol. The van der Waals surface area contributed by atoms with Gasteiger partial charge in [-0.2, -0.15) is 4.31 Å². The second-order valence-corrected chi connectivity index (χ2v) is 8.32. The van der Waals surface area contributed by atoms with Crippen molar-refractivity contribution in [2.75, 3.05) is 13.1 Å². The fourth-order valence-corrected chi connectivity index (χ4v) is 4.17. The summed E-state index contributed by atoms with van der Waals surface area (Å²) in [5.74, 6) is -0.0800. The van der Waals surface area contributed by atoms with E-state index in [9.17, 15) is 13.2 Å². The number of carbonyl (C=O) groups is 1. The quantitative estimate of drug-likeness (QED) is 0.879. The minimum Gasteiger partial charge on any atom is -0.353 e. The Hall–Kier alpha value is -1.11. The van der Waals surface area contributed by atoms with Crippen LogP contribution in [0.3, 0.4) is 0 Å². The Morgan fingerprint density at radius 3 is 2.39 bits per heavy atom. The summed E-state index contributed by atoms with van der Waals surface area (Å²) in [4.78, 5) is 12.4. The van der Waals surface area contributed by atoms with E-state index < -0.39 is 10.0 Å². The van der Waals surface area contributed by atoms with E-state index in [4.69, 9.17) is 11.6 Å². The standard InChI is InChI=1S/C16H23ClN2O3S/c1-3-12(2)18-16(20)13-8-10-19(11-9-13)23(21,22)15-6-4-14(17)5-7-15/h4-7,12-13H,3,8-11H2,1-2H3,(H,18,20)/t12-/m1/s1. The summed E-state index contributed by atoms with van der Waals surface area (Å²) >= 11 is 5.80. The third-order valence-electron chi connectivity index (χ3n) is 4.28. The molecule has 1 fully saturated rings. The van der Waals surface area contributed by atoms with Crippen LogP contribution in [0.1, 0.15) is 33.1 Å². The third kappa shape index (κ3) is 4.46. The number of carbonyl (C=O) groups excluding carboxylic acids is 1. The molecule has 1 aliphatic rings. The van der Waals surface area contributed by atoms with Gasteiger partial charge in [0, 0.05) is 30.1 Å². The van der Waals surface area contributed by atoms with Gasteiger partial charge in [0.2, 0.25) is 15.9 Å². The molecule has 1 aliphatic heterocycles. The molecule has 0 unspecified atom stereocenters. The molecule has 1 amide bonds. The normalized spacial score (nSPS) is 18.6. The minimum atomic E-state index is -3.51. The molecule has 2 rings (SSSR count). The van der Waals surface area contributed by atoms with Crippen LogP contribution in [-0.4, -0.2) is 37.8 Å². The van der Waals surface area contributed by atoms with Gasteiger partial charge in [0.15, 0.2) is 0 Å². The second kappa shape index (κ2) is 7.64. The molecule has 1 aromatic carbocycles. The molecule has 23 heavy (non-hydrogen) atoms. The number of sulfonamides is 1. The van der Waals surface area contributed by atoms with Crippen molar-refractivity contribution in [1.82, 2.24) is 9.62 Å². The fraction of sp³-hybridized carbons (Fsp3) is 0.562. The second-order valence-electron chi connectivity index (χ2n) is 5.95. The summed E-state index contributed by atoms with van der Waals surface area (Å²) in [6.07, 6.45) is 1.99. The predicted octanol–water partition coefficient (Wildman–Crippen LogP) is 2.66. The largest absolute Gasteiger partial charge is 0.353 e. The Labute approximate surface area is 143 Å². The highest BCUT2D eigenvalue weighted by Gasteiger charge is 2.32. The van der Waals surface area contributed by atoms with Crippen molar-refractivity contribution in [3.8, 4) is 0 Å². The first-order valence-electron chi connectivity index (χ1n) is 7.90. The van der Waals surface area contributed by atoms with Crippen LogP contribution in [0.25, 0.3) is 0 Å². The van der Waals surface area contributed by atoms with Crippen molar-refractivity contribution >= 4 is 27.5 Å². The molecule has 1 saturated heterocycles. The summed E-state index contributed by atoms with van der Waals surface area (Å²) < 4.78 is 26.6. The van der Waals surface area contributed by atoms with Gasteiger partial charge in [-0.05, 0) is 50.5 Å². The molecular formula is C16H23ClN2O3S. The number of hydrogen-bond acceptors (Lipinski definition) is 3. The first-order chi connectivity index (χ1) is 10.8. The van der Waals surface area contributed by atoms with Crippen LogP contribution in [0, 0.1) is 5.92 Å². The van der Waals surface area contributed by atoms with Gasteiger partial charge < -0.3 is 5.32 Å². The molecule has 0 radical (unpaired) electrons. The van der Waals surface area contributed by atoms with Gasteiger partial charge in [-0.15, -0.1) is 0 Å². The molecule has 7 heteroatoms. The minimum absolute atomic E-state index is 0.0305. The number of rotatable bonds is 5. The van der Waals surface area contributed by atoms with Gasteiger partial charge in [0.05, 0.1) is 4.90 Å². The van der Waals surface area contributed by atoms with Crippen molar-refractivity contribution in [1.29, 1.82) is 0 Å². The van der Waals surface area contributed by atoms with E-state index in [0.29, 0.717) is 31.0 Å². The van der Waals surface area contributed by atoms with Crippen molar-refractivity contribution in [2.45, 2.75) is 44.0 Å². The van der Waals surface area contributed by atoms with Crippen LogP contribution in [0.15, 0.2) is 29.2 Å². The lowest BCUT2D eigenvalue weighted by molar-refractivity contribution is -0.126. The van der Waals surface area contributed by atoms with E-state index in [2.05, 4.69) is 5.32 Å². The number of nitrogens with zero attached hydrogens (tertiary/aromatic N) is 1. The summed E-state index contributed by atoms with van der Waals surface area (Å²) in [5, 5.41) is 3.47. The number of halogens is 1. The van der Waals surface area contributed by atoms with Crippen molar-refractivity contribution in [3.05, 3.63) is 29.3 Å². The number of nitrogens with one attached hydrogen (secondary N) is 1. The Morgan fingerprint density at radius 2 is 1.87 bits per heavy atom. The molecule has 1 atom stereocenters. The van der Waals surface area contributed by atoms with Crippen LogP contribution >= 0.6 is 11.6 Å². The molecular weight excluding hydrogens is 336 g/mol. The SMILES string of the molecule is CC[C@@H](C)NC(=O)C1CCN(S(=O)(=O)c2ccc(Cl)cc2)CC1. The van der Waals surface area contributed by atoms with Crippen LogP contribution in [-0.2, 0) is 14.8 Å². The highest BCUT2D eigenvalue weighted by atomic mass is 35.5. The molecule has 128 valence electrons. The van der Waals surface area contributed by atoms with Crippen molar-refractivity contribution in [3.63, 3.8) is 0 Å². The first-order valence-corrected chi connectivity index (χ1v) is 9.72. The van der Waals surface area contributed by atoms with E-state index >= 15 is 0 Å². The molecule has 1 N–H and O–H groups in total. The fourth-order valence-electron chi connectivity index (χ4n) is 2.58. The van der Waals surface area contributed by atoms with Crippen LogP contribution in [0.2, 0.25) is 5.02 Å². The summed E-state index contributed by atoms with van der Waals surface area (Å²) in [6.45, 7) is 4.72. The highest BCUT2D eigenvalue weighted by molar-refractivity contribution is 7.89. The lowest BCUT2D eigenvalue weighted by Crippen LogP contribution is -2.44. The van der Waals surface area contributed by atoms with Crippen molar-refractivity contribution < 1.29 is 13.2 Å². The monoisotopic (exact) mass is 358 g/mol. The Balaban J connectivity index is 1.98. The van der Waals surface area contributed by atoms with Crippen LogP contribution in [0.5, 0.6) is 0 Å². The number of amides is 1. The van der Waals surface area contributed by atoms with Gasteiger partial charge >= 0.3 is 0 Å². The van der Waals surface area contributed by atoms with E-state index in [1.807, 2.05) is 13.8 Å². The average molecular weight is 359 g/mol. The van der Waals surface area contributed by atoms with E-state index in [1.165, 1.54) is 16.4 Å². The molecule has 5 nitrogen and oxygen atoms in total. The highest BCUT2D eigenvalue weighted by Crippen LogP contribution is 2.25. The molecule has 0 aliphatic carbocycles. The zero-order chi connectivity index (χ0) is 17.0. The zero-order valence-corrected chi connectivity index (χ0v) is 15.0. The van der Waals surface area contributed by atoms with Gasteiger partial charge in [-0.1, -0.05) is 18.5 Å². The van der Waals surface area contributed by atoms with E-state index in [-0.39, 0.29) is 22.8 Å². The number of benzene rings is 1. The Kier molecular flexibility index (Phi) is 6.06. The molecule has 0 bridgehead atoms. The van der Waals surface area contributed by atoms with Crippen molar-refractivity contribution in [2.24, 2.45) is 5.92 Å². The first kappa shape index (κ1) is 18.2. The summed E-state index contributed by atoms with van der Waals surface area (Å²) in [7, 11) is -3.51. The lowest BCUT2D eigenvalue weighted by Gasteiger charge is -2.31. The van der Waals surface area contributed by atoms with Gasteiger partial charge in [0.25, 0.3) is 0 Å². The summed E-state index contributed by atoms with van der Waals surface area (Å²) in [5.41, 5.74) is 0. The van der Waals surface area contributed by atoms with Crippen LogP contribution < -0.4 is 5.32 Å². The third-order valence-corrected chi connectivity index (χ3v) is 6.44. The number of hydrogen-bond donors (Lipinski definition) is 1. The van der Waals surface area contributed by atoms with E-state index in [0.717, 1.165) is 6.42 Å². The Morgan fingerprint density at radius 1 is 1.30 bits per heavy atom. The smallest absolute Gasteiger partial charge is 0.243 e. The van der Waals surface area contributed by atoms with Gasteiger partial charge in [-0.3, -0.25) is 4.79 Å². The average Bonchev–Trinajstić information content (AvgIpc) is 2.55. The molecule has 1 aromatic rings. The van der Waals surface area contributed by atoms with Gasteiger partial charge in [-0.25, -0.2) is 8.42 Å². The summed E-state index contributed by atoms with van der Waals surface area (Å²) in [6, 6.07) is 6.32.